The van der Waals surface area contributed by atoms with Gasteiger partial charge in [0.25, 0.3) is 0 Å². The van der Waals surface area contributed by atoms with Gasteiger partial charge >= 0.3 is 0 Å². The maximum atomic E-state index is 5.99. The molecule has 6 heteroatoms. The number of pyridine rings is 1. The van der Waals surface area contributed by atoms with E-state index in [1.54, 1.807) is 18.4 Å². The normalized spacial score (nSPS) is 13.3. The molecule has 0 radical (unpaired) electrons. The number of hydrogen-bond donors (Lipinski definition) is 0. The Bertz CT molecular complexity index is 642. The lowest BCUT2D eigenvalue weighted by atomic mass is 10.2. The zero-order valence-electron chi connectivity index (χ0n) is 11.0. The molecule has 1 aliphatic rings. The summed E-state index contributed by atoms with van der Waals surface area (Å²) in [5.41, 5.74) is 1.92. The molecule has 2 aromatic rings. The van der Waals surface area contributed by atoms with E-state index < -0.39 is 0 Å². The van der Waals surface area contributed by atoms with Crippen LogP contribution in [0.5, 0.6) is 0 Å². The number of hydrogen-bond acceptors (Lipinski definition) is 4. The standard InChI is InChI=1S/C15H12Cl2N2O2/c16-13-6-12(7-14(17)18-13)19(15-9-20-10-21-15)8-11-4-2-1-3-5-11/h1-7,9H,8,10H2. The van der Waals surface area contributed by atoms with Gasteiger partial charge in [-0.3, -0.25) is 0 Å². The van der Waals surface area contributed by atoms with E-state index in [0.29, 0.717) is 22.7 Å². The van der Waals surface area contributed by atoms with E-state index in [1.807, 2.05) is 35.2 Å². The van der Waals surface area contributed by atoms with E-state index in [9.17, 15) is 0 Å². The molecule has 0 N–H and O–H groups in total. The minimum atomic E-state index is 0.202. The summed E-state index contributed by atoms with van der Waals surface area (Å²) in [6.07, 6.45) is 1.57. The Hall–Kier alpha value is -1.91. The molecule has 0 bridgehead atoms. The predicted octanol–water partition coefficient (Wildman–Crippen LogP) is 4.20. The third-order valence-electron chi connectivity index (χ3n) is 2.97. The molecular formula is C15H12Cl2N2O2. The third-order valence-corrected chi connectivity index (χ3v) is 3.36. The van der Waals surface area contributed by atoms with Gasteiger partial charge < -0.3 is 14.4 Å². The summed E-state index contributed by atoms with van der Waals surface area (Å²) < 4.78 is 10.6. The first-order valence-corrected chi connectivity index (χ1v) is 7.07. The van der Waals surface area contributed by atoms with Crippen LogP contribution in [0.15, 0.2) is 54.6 Å². The van der Waals surface area contributed by atoms with Crippen LogP contribution in [-0.2, 0) is 16.0 Å². The second kappa shape index (κ2) is 6.24. The molecule has 0 saturated heterocycles. The van der Waals surface area contributed by atoms with Crippen LogP contribution < -0.4 is 4.90 Å². The van der Waals surface area contributed by atoms with Crippen molar-refractivity contribution in [1.82, 2.24) is 4.98 Å². The van der Waals surface area contributed by atoms with Crippen LogP contribution in [-0.4, -0.2) is 11.8 Å². The molecule has 1 aliphatic heterocycles. The zero-order valence-corrected chi connectivity index (χ0v) is 12.5. The average Bonchev–Trinajstić information content (AvgIpc) is 2.98. The number of aromatic nitrogens is 1. The Morgan fingerprint density at radius 3 is 2.43 bits per heavy atom. The number of rotatable bonds is 4. The van der Waals surface area contributed by atoms with Crippen molar-refractivity contribution in [2.75, 3.05) is 11.7 Å². The fraction of sp³-hybridized carbons (Fsp3) is 0.133. The number of benzene rings is 1. The van der Waals surface area contributed by atoms with Crippen LogP contribution in [0.1, 0.15) is 5.56 Å². The van der Waals surface area contributed by atoms with Gasteiger partial charge in [0.15, 0.2) is 0 Å². The van der Waals surface area contributed by atoms with E-state index in [2.05, 4.69) is 4.98 Å². The summed E-state index contributed by atoms with van der Waals surface area (Å²) >= 11 is 12.0. The summed E-state index contributed by atoms with van der Waals surface area (Å²) in [4.78, 5) is 5.90. The zero-order chi connectivity index (χ0) is 14.7. The van der Waals surface area contributed by atoms with Gasteiger partial charge in [-0.25, -0.2) is 4.98 Å². The third kappa shape index (κ3) is 3.40. The first kappa shape index (κ1) is 14.0. The van der Waals surface area contributed by atoms with Crippen LogP contribution in [0, 0.1) is 0 Å². The van der Waals surface area contributed by atoms with Crippen molar-refractivity contribution in [3.63, 3.8) is 0 Å². The van der Waals surface area contributed by atoms with Gasteiger partial charge in [0.05, 0.1) is 12.2 Å². The second-order valence-corrected chi connectivity index (χ2v) is 5.20. The van der Waals surface area contributed by atoms with Crippen LogP contribution >= 0.6 is 23.2 Å². The molecule has 0 spiro atoms. The van der Waals surface area contributed by atoms with E-state index in [1.165, 1.54) is 0 Å². The van der Waals surface area contributed by atoms with Crippen molar-refractivity contribution < 1.29 is 9.47 Å². The fourth-order valence-electron chi connectivity index (χ4n) is 2.05. The molecule has 0 unspecified atom stereocenters. The molecule has 3 rings (SSSR count). The summed E-state index contributed by atoms with van der Waals surface area (Å²) in [6.45, 7) is 0.805. The molecule has 0 saturated carbocycles. The molecule has 4 nitrogen and oxygen atoms in total. The van der Waals surface area contributed by atoms with E-state index in [-0.39, 0.29) is 6.79 Å². The summed E-state index contributed by atoms with van der Waals surface area (Å²) in [7, 11) is 0. The number of nitrogens with zero attached hydrogens (tertiary/aromatic N) is 2. The lowest BCUT2D eigenvalue weighted by molar-refractivity contribution is 0.0782. The maximum absolute atomic E-state index is 5.99. The minimum Gasteiger partial charge on any atom is -0.459 e. The molecule has 0 fully saturated rings. The van der Waals surface area contributed by atoms with Crippen LogP contribution in [0.25, 0.3) is 0 Å². The van der Waals surface area contributed by atoms with Crippen LogP contribution in [0.2, 0.25) is 10.3 Å². The van der Waals surface area contributed by atoms with Crippen molar-refractivity contribution in [3.05, 3.63) is 70.5 Å². The van der Waals surface area contributed by atoms with Crippen molar-refractivity contribution in [3.8, 4) is 0 Å². The maximum Gasteiger partial charge on any atom is 0.233 e. The molecule has 1 aromatic heterocycles. The second-order valence-electron chi connectivity index (χ2n) is 4.43. The highest BCUT2D eigenvalue weighted by atomic mass is 35.5. The van der Waals surface area contributed by atoms with Crippen LogP contribution in [0.3, 0.4) is 0 Å². The molecular weight excluding hydrogens is 311 g/mol. The monoisotopic (exact) mass is 322 g/mol. The van der Waals surface area contributed by atoms with Crippen molar-refractivity contribution >= 4 is 28.9 Å². The molecule has 2 heterocycles. The number of anilines is 1. The van der Waals surface area contributed by atoms with Crippen molar-refractivity contribution in [2.24, 2.45) is 0 Å². The molecule has 0 aliphatic carbocycles. The Labute approximate surface area is 132 Å². The van der Waals surface area contributed by atoms with Gasteiger partial charge in [0.1, 0.15) is 16.6 Å². The van der Waals surface area contributed by atoms with E-state index >= 15 is 0 Å². The molecule has 108 valence electrons. The van der Waals surface area contributed by atoms with Gasteiger partial charge in [-0.15, -0.1) is 0 Å². The smallest absolute Gasteiger partial charge is 0.233 e. The van der Waals surface area contributed by atoms with Gasteiger partial charge in [-0.2, -0.15) is 0 Å². The Kier molecular flexibility index (Phi) is 4.18. The largest absolute Gasteiger partial charge is 0.459 e. The van der Waals surface area contributed by atoms with Crippen molar-refractivity contribution in [1.29, 1.82) is 0 Å². The Morgan fingerprint density at radius 1 is 1.10 bits per heavy atom. The highest BCUT2D eigenvalue weighted by molar-refractivity contribution is 6.32. The molecule has 0 atom stereocenters. The summed E-state index contributed by atoms with van der Waals surface area (Å²) in [6, 6.07) is 13.5. The first-order chi connectivity index (χ1) is 10.2. The summed E-state index contributed by atoms with van der Waals surface area (Å²) in [5.74, 6) is 0.609. The Balaban J connectivity index is 1.95. The highest BCUT2D eigenvalue weighted by Crippen LogP contribution is 2.28. The van der Waals surface area contributed by atoms with Gasteiger partial charge in [-0.1, -0.05) is 53.5 Å². The van der Waals surface area contributed by atoms with Gasteiger partial charge in [0.2, 0.25) is 12.7 Å². The average molecular weight is 323 g/mol. The SMILES string of the molecule is Clc1cc(N(Cc2ccccc2)C2=COCO2)cc(Cl)n1. The van der Waals surface area contributed by atoms with E-state index in [0.717, 1.165) is 11.3 Å². The van der Waals surface area contributed by atoms with E-state index in [4.69, 9.17) is 32.7 Å². The molecule has 21 heavy (non-hydrogen) atoms. The summed E-state index contributed by atoms with van der Waals surface area (Å²) in [5, 5.41) is 0.658. The number of halogens is 2. The van der Waals surface area contributed by atoms with Crippen LogP contribution in [0.4, 0.5) is 5.69 Å². The quantitative estimate of drug-likeness (QED) is 0.790. The topological polar surface area (TPSA) is 34.6 Å². The lowest BCUT2D eigenvalue weighted by Gasteiger charge is -2.24. The van der Waals surface area contributed by atoms with Gasteiger partial charge in [0, 0.05) is 0 Å². The Morgan fingerprint density at radius 2 is 1.81 bits per heavy atom. The first-order valence-electron chi connectivity index (χ1n) is 6.31. The molecule has 1 aromatic carbocycles. The lowest BCUT2D eigenvalue weighted by Crippen LogP contribution is -2.22. The predicted molar refractivity (Wildman–Crippen MR) is 82.0 cm³/mol. The fourth-order valence-corrected chi connectivity index (χ4v) is 2.49. The minimum absolute atomic E-state index is 0.202. The molecule has 0 amide bonds. The van der Waals surface area contributed by atoms with Crippen molar-refractivity contribution in [2.45, 2.75) is 6.54 Å². The van der Waals surface area contributed by atoms with Gasteiger partial charge in [-0.05, 0) is 17.7 Å². The number of ether oxygens (including phenoxy) is 2. The highest BCUT2D eigenvalue weighted by Gasteiger charge is 2.19.